The van der Waals surface area contributed by atoms with Crippen molar-refractivity contribution in [3.8, 4) is 11.4 Å². The number of aryl methyl sites for hydroxylation is 1. The number of aliphatic hydroxyl groups is 1. The number of benzene rings is 4. The van der Waals surface area contributed by atoms with Gasteiger partial charge in [-0.25, -0.2) is 14.2 Å². The van der Waals surface area contributed by atoms with Crippen molar-refractivity contribution in [2.24, 2.45) is 16.7 Å². The number of anilines is 1. The molecule has 4 aliphatic heterocycles. The zero-order valence-corrected chi connectivity index (χ0v) is 61.4. The van der Waals surface area contributed by atoms with Crippen molar-refractivity contribution in [3.63, 3.8) is 0 Å². The number of amides is 9. The molecule has 3 atom stereocenters. The van der Waals surface area contributed by atoms with Crippen LogP contribution in [0, 0.1) is 29.5 Å². The smallest absolute Gasteiger partial charge is 0.343 e. The van der Waals surface area contributed by atoms with Gasteiger partial charge in [0.2, 0.25) is 53.2 Å². The number of nitrogens with zero attached hydrogens (tertiary/aromatic N) is 4. The topological polar surface area (TPSA) is 335 Å². The summed E-state index contributed by atoms with van der Waals surface area (Å²) in [5.41, 5.74) is 3.84. The van der Waals surface area contributed by atoms with Gasteiger partial charge in [0.05, 0.1) is 85.5 Å². The standard InChI is InChI=1S/C81H94FN11O14/c1-7-81(105)57-38-63-72-55(46-93(63)75(102)56(57)47-106-77(81)104)71-59(24-23-54-48(2)58(82)39-60(90-72)70(54)71)88-67(97)43-86-66(96)42-87-74(101)61(37-49-15-9-8-10-16-49)89-68(98)44-85-65(95)41-84-64(94)40-79(5,6)107-36-32-78(3,4)76(103)91-34-30-80(31-35-91)28-25-52(26-29-80)73(100)83-33-27-69(99)92-45-53-19-12-11-17-50(53)21-22-51-18-13-14-20-62(51)92/h8-22,38-39,52,59,61,105H,7,23-37,40-47H2,1-6H3,(H,83,100)(H,84,94)(H,85,95)(H,86,96)(H,87,101)(H,88,97)(H,89,98)/b22-21-. The van der Waals surface area contributed by atoms with Crippen molar-refractivity contribution in [2.75, 3.05) is 57.3 Å². The molecular formula is C81H94FN11O14. The molecule has 107 heavy (non-hydrogen) atoms. The van der Waals surface area contributed by atoms with Crippen LogP contribution in [-0.4, -0.2) is 143 Å². The van der Waals surface area contributed by atoms with E-state index in [0.717, 1.165) is 60.9 Å². The van der Waals surface area contributed by atoms with E-state index in [1.165, 1.54) is 10.6 Å². The summed E-state index contributed by atoms with van der Waals surface area (Å²) in [4.78, 5) is 157. The quantitative estimate of drug-likeness (QED) is 0.0285. The van der Waals surface area contributed by atoms with Crippen LogP contribution in [0.25, 0.3) is 34.4 Å². The molecule has 26 heteroatoms. The Bertz CT molecular complexity index is 4610. The average molecular weight is 1460 g/mol. The summed E-state index contributed by atoms with van der Waals surface area (Å²) in [6.07, 6.45) is 10.2. The molecule has 1 spiro atoms. The van der Waals surface area contributed by atoms with Gasteiger partial charge in [-0.05, 0) is 141 Å². The minimum atomic E-state index is -2.07. The van der Waals surface area contributed by atoms with Gasteiger partial charge in [-0.2, -0.15) is 0 Å². The molecule has 6 aromatic rings. The number of ether oxygens (including phenoxy) is 2. The molecule has 0 radical (unpaired) electrons. The van der Waals surface area contributed by atoms with Gasteiger partial charge in [0, 0.05) is 73.0 Å². The van der Waals surface area contributed by atoms with Crippen LogP contribution in [0.3, 0.4) is 0 Å². The lowest BCUT2D eigenvalue weighted by Gasteiger charge is -2.47. The second-order valence-electron chi connectivity index (χ2n) is 30.4. The first kappa shape index (κ1) is 76.2. The number of cyclic esters (lactones) is 1. The Labute approximate surface area is 619 Å². The fourth-order valence-electron chi connectivity index (χ4n) is 15.9. The van der Waals surface area contributed by atoms with E-state index in [2.05, 4.69) is 43.3 Å². The maximum Gasteiger partial charge on any atom is 0.343 e. The van der Waals surface area contributed by atoms with Gasteiger partial charge in [0.15, 0.2) is 5.60 Å². The highest BCUT2D eigenvalue weighted by atomic mass is 19.1. The molecule has 2 fully saturated rings. The van der Waals surface area contributed by atoms with Crippen LogP contribution in [0.1, 0.15) is 167 Å². The Morgan fingerprint density at radius 1 is 0.738 bits per heavy atom. The Morgan fingerprint density at radius 3 is 2.12 bits per heavy atom. The average Bonchev–Trinajstić information content (AvgIpc) is 1.59. The third-order valence-corrected chi connectivity index (χ3v) is 22.3. The predicted octanol–water partition coefficient (Wildman–Crippen LogP) is 6.45. The Kier molecular flexibility index (Phi) is 22.7. The molecule has 2 aromatic heterocycles. The van der Waals surface area contributed by atoms with Crippen molar-refractivity contribution in [1.82, 2.24) is 51.7 Å². The Morgan fingerprint density at radius 2 is 1.39 bits per heavy atom. The Balaban J connectivity index is 0.546. The molecule has 6 heterocycles. The van der Waals surface area contributed by atoms with Crippen molar-refractivity contribution >= 4 is 87.9 Å². The summed E-state index contributed by atoms with van der Waals surface area (Å²) in [5, 5.41) is 30.8. The van der Waals surface area contributed by atoms with Crippen LogP contribution < -0.4 is 47.7 Å². The maximum atomic E-state index is 15.5. The highest BCUT2D eigenvalue weighted by Gasteiger charge is 2.47. The number of para-hydroxylation sites is 1. The minimum absolute atomic E-state index is 0.00309. The number of piperidine rings is 1. The number of rotatable bonds is 25. The van der Waals surface area contributed by atoms with Gasteiger partial charge >= 0.3 is 5.97 Å². The van der Waals surface area contributed by atoms with E-state index in [9.17, 15) is 57.8 Å². The molecule has 6 aliphatic rings. The van der Waals surface area contributed by atoms with Gasteiger partial charge in [0.25, 0.3) is 5.56 Å². The van der Waals surface area contributed by atoms with Crippen molar-refractivity contribution in [1.29, 1.82) is 0 Å². The van der Waals surface area contributed by atoms with Crippen LogP contribution >= 0.6 is 0 Å². The zero-order valence-electron chi connectivity index (χ0n) is 61.4. The van der Waals surface area contributed by atoms with Crippen LogP contribution in [0.4, 0.5) is 10.1 Å². The number of fused-ring (bicyclic) bond motifs is 7. The van der Waals surface area contributed by atoms with Gasteiger partial charge in [-0.3, -0.25) is 47.9 Å². The second-order valence-corrected chi connectivity index (χ2v) is 30.4. The Hall–Kier alpha value is -10.5. The van der Waals surface area contributed by atoms with Crippen LogP contribution in [0.15, 0.2) is 95.8 Å². The lowest BCUT2D eigenvalue weighted by Crippen LogP contribution is -2.52. The van der Waals surface area contributed by atoms with Crippen molar-refractivity contribution < 1.29 is 66.9 Å². The highest BCUT2D eigenvalue weighted by Crippen LogP contribution is 2.49. The summed E-state index contributed by atoms with van der Waals surface area (Å²) in [5.74, 6) is -5.53. The third kappa shape index (κ3) is 16.9. The minimum Gasteiger partial charge on any atom is -0.458 e. The van der Waals surface area contributed by atoms with Gasteiger partial charge in [-0.15, -0.1) is 0 Å². The van der Waals surface area contributed by atoms with E-state index >= 15 is 4.39 Å². The summed E-state index contributed by atoms with van der Waals surface area (Å²) in [7, 11) is 0. The number of pyridine rings is 2. The number of likely N-dealkylation sites (tertiary alicyclic amines) is 1. The SMILES string of the molecule is CCC1(O)C(=O)OCc2c1cc1n(c2=O)Cc2c-1nc1cc(F)c(C)c3c1c2C(NC(=O)CNC(=O)CNC(=O)C(Cc1ccccc1)NC(=O)CNC(=O)CNC(=O)CC(C)(C)OCCC(C)(C)C(=O)N1CCC2(CCC(C(=O)NCCC(=O)N4Cc5ccccc5/C=C\c5ccccc54)CC2)CC1)CC3. The molecule has 0 bridgehead atoms. The van der Waals surface area contributed by atoms with Gasteiger partial charge in [0.1, 0.15) is 18.5 Å². The highest BCUT2D eigenvalue weighted by molar-refractivity contribution is 5.99. The lowest BCUT2D eigenvalue weighted by atomic mass is 9.65. The van der Waals surface area contributed by atoms with Crippen LogP contribution in [0.2, 0.25) is 0 Å². The van der Waals surface area contributed by atoms with Crippen molar-refractivity contribution in [3.05, 3.63) is 163 Å². The van der Waals surface area contributed by atoms with Crippen LogP contribution in [-0.2, 0) is 95.6 Å². The molecule has 4 aromatic carbocycles. The fourth-order valence-corrected chi connectivity index (χ4v) is 15.9. The van der Waals surface area contributed by atoms with E-state index in [4.69, 9.17) is 14.5 Å². The number of hydrogen-bond donors (Lipinski definition) is 8. The molecular weight excluding hydrogens is 1370 g/mol. The molecule has 12 rings (SSSR count). The van der Waals surface area contributed by atoms with E-state index in [-0.39, 0.29) is 97.7 Å². The molecule has 9 amide bonds. The van der Waals surface area contributed by atoms with Crippen LogP contribution in [0.5, 0.6) is 0 Å². The fraction of sp³-hybridized carbons (Fsp3) is 0.457. The molecule has 8 N–H and O–H groups in total. The molecule has 564 valence electrons. The number of esters is 1. The molecule has 3 unspecified atom stereocenters. The number of nitrogens with one attached hydrogen (secondary N) is 7. The number of carbonyl (C=O) groups excluding carboxylic acids is 10. The summed E-state index contributed by atoms with van der Waals surface area (Å²) >= 11 is 0. The first-order valence-corrected chi connectivity index (χ1v) is 37.0. The molecule has 1 saturated heterocycles. The van der Waals surface area contributed by atoms with Gasteiger partial charge in [-0.1, -0.05) is 106 Å². The first-order valence-electron chi connectivity index (χ1n) is 37.0. The molecule has 1 saturated carbocycles. The maximum absolute atomic E-state index is 15.5. The van der Waals surface area contributed by atoms with E-state index in [0.29, 0.717) is 83.5 Å². The number of halogens is 1. The monoisotopic (exact) mass is 1460 g/mol. The predicted molar refractivity (Wildman–Crippen MR) is 396 cm³/mol. The summed E-state index contributed by atoms with van der Waals surface area (Å²) in [6.45, 7) is 10.2. The van der Waals surface area contributed by atoms with E-state index < -0.39 is 108 Å². The summed E-state index contributed by atoms with van der Waals surface area (Å²) in [6, 6.07) is 25.6. The summed E-state index contributed by atoms with van der Waals surface area (Å²) < 4.78 is 28.4. The van der Waals surface area contributed by atoms with E-state index in [1.807, 2.05) is 78.3 Å². The molecule has 25 nitrogen and oxygen atoms in total. The second kappa shape index (κ2) is 31.9. The number of aromatic nitrogens is 2. The third-order valence-electron chi connectivity index (χ3n) is 22.3. The van der Waals surface area contributed by atoms with Gasteiger partial charge < -0.3 is 66.2 Å². The first-order chi connectivity index (χ1) is 51.1. The van der Waals surface area contributed by atoms with E-state index in [1.54, 1.807) is 64.1 Å². The largest absolute Gasteiger partial charge is 0.458 e. The lowest BCUT2D eigenvalue weighted by molar-refractivity contribution is -0.172. The normalized spacial score (nSPS) is 18.3. The number of hydrogen-bond acceptors (Lipinski definition) is 15. The molecule has 2 aliphatic carbocycles. The van der Waals surface area contributed by atoms with Crippen molar-refractivity contribution in [2.45, 2.75) is 168 Å². The number of carbonyl (C=O) groups is 10. The zero-order chi connectivity index (χ0) is 76.1.